The van der Waals surface area contributed by atoms with Crippen LogP contribution in [0.5, 0.6) is 0 Å². The Balaban J connectivity index is 3.31. The minimum absolute atomic E-state index is 0.502. The van der Waals surface area contributed by atoms with Gasteiger partial charge in [0.25, 0.3) is 0 Å². The zero-order chi connectivity index (χ0) is 11.4. The van der Waals surface area contributed by atoms with Gasteiger partial charge in [-0.1, -0.05) is 42.2 Å². The normalized spacial score (nSPS) is 12.2. The van der Waals surface area contributed by atoms with Crippen molar-refractivity contribution in [1.29, 1.82) is 0 Å². The van der Waals surface area contributed by atoms with E-state index in [0.717, 1.165) is 23.8 Å². The van der Waals surface area contributed by atoms with E-state index >= 15 is 0 Å². The van der Waals surface area contributed by atoms with Crippen LogP contribution in [0.25, 0.3) is 6.08 Å². The summed E-state index contributed by atoms with van der Waals surface area (Å²) < 4.78 is 0.502. The Bertz CT molecular complexity index is 382. The fraction of sp³-hybridized carbons (Fsp3) is 0.308. The van der Waals surface area contributed by atoms with Crippen LogP contribution < -0.4 is 0 Å². The van der Waals surface area contributed by atoms with E-state index in [4.69, 9.17) is 0 Å². The molecule has 0 radical (unpaired) electrons. The Morgan fingerprint density at radius 2 is 2.13 bits per heavy atom. The molecule has 0 aromatic heterocycles. The average molecular weight is 314 g/mol. The summed E-state index contributed by atoms with van der Waals surface area (Å²) in [5.74, 6) is 0. The first kappa shape index (κ1) is 12.4. The minimum atomic E-state index is 0.502. The third-order valence-electron chi connectivity index (χ3n) is 2.51. The summed E-state index contributed by atoms with van der Waals surface area (Å²) in [5.41, 5.74) is 4.15. The van der Waals surface area contributed by atoms with E-state index in [1.807, 2.05) is 6.07 Å². The van der Waals surface area contributed by atoms with Crippen LogP contribution >= 0.6 is 22.6 Å². The summed E-state index contributed by atoms with van der Waals surface area (Å²) >= 11 is 2.43. The molecule has 0 aliphatic carbocycles. The van der Waals surface area contributed by atoms with Crippen LogP contribution in [0.2, 0.25) is 0 Å². The molecule has 0 heterocycles. The van der Waals surface area contributed by atoms with Crippen molar-refractivity contribution in [2.24, 2.45) is 0 Å². The van der Waals surface area contributed by atoms with Crippen molar-refractivity contribution in [2.75, 3.05) is 0 Å². The lowest BCUT2D eigenvalue weighted by Gasteiger charge is -2.13. The summed E-state index contributed by atoms with van der Waals surface area (Å²) in [7, 11) is 0. The predicted octanol–water partition coefficient (Wildman–Crippen LogP) is 4.34. The van der Waals surface area contributed by atoms with Crippen molar-refractivity contribution in [3.63, 3.8) is 0 Å². The van der Waals surface area contributed by atoms with Gasteiger partial charge in [-0.3, -0.25) is 4.79 Å². The van der Waals surface area contributed by atoms with Crippen LogP contribution in [0.15, 0.2) is 18.7 Å². The first-order chi connectivity index (χ1) is 7.13. The molecule has 0 amide bonds. The highest BCUT2D eigenvalue weighted by molar-refractivity contribution is 14.1. The molecule has 1 unspecified atom stereocenters. The maximum Gasteiger partial charge on any atom is 0.150 e. The van der Waals surface area contributed by atoms with Crippen LogP contribution in [0.1, 0.15) is 44.3 Å². The van der Waals surface area contributed by atoms with Crippen LogP contribution in [-0.2, 0) is 0 Å². The largest absolute Gasteiger partial charge is 0.298 e. The molecule has 0 spiro atoms. The molecule has 2 heteroatoms. The lowest BCUT2D eigenvalue weighted by atomic mass is 9.97. The van der Waals surface area contributed by atoms with Crippen LogP contribution in [0.4, 0.5) is 0 Å². The highest BCUT2D eigenvalue weighted by Gasteiger charge is 2.10. The number of alkyl halides is 1. The quantitative estimate of drug-likeness (QED) is 0.459. The summed E-state index contributed by atoms with van der Waals surface area (Å²) in [6.45, 7) is 7.95. The van der Waals surface area contributed by atoms with E-state index in [1.165, 1.54) is 11.1 Å². The van der Waals surface area contributed by atoms with Gasteiger partial charge in [0.15, 0.2) is 6.29 Å². The highest BCUT2D eigenvalue weighted by Crippen LogP contribution is 2.31. The van der Waals surface area contributed by atoms with Crippen molar-refractivity contribution in [3.8, 4) is 0 Å². The molecule has 0 aliphatic heterocycles. The monoisotopic (exact) mass is 314 g/mol. The Labute approximate surface area is 105 Å². The smallest absolute Gasteiger partial charge is 0.150 e. The zero-order valence-electron chi connectivity index (χ0n) is 9.09. The molecule has 80 valence electrons. The van der Waals surface area contributed by atoms with E-state index in [0.29, 0.717) is 3.92 Å². The van der Waals surface area contributed by atoms with Gasteiger partial charge in [0.05, 0.1) is 0 Å². The number of hydrogen-bond donors (Lipinski definition) is 0. The number of carbonyl (C=O) groups is 1. The molecule has 0 saturated heterocycles. The lowest BCUT2D eigenvalue weighted by molar-refractivity contribution is 0.112. The molecule has 15 heavy (non-hydrogen) atoms. The van der Waals surface area contributed by atoms with Crippen molar-refractivity contribution >= 4 is 35.0 Å². The maximum absolute atomic E-state index is 10.8. The molecule has 1 aromatic rings. The summed E-state index contributed by atoms with van der Waals surface area (Å²) in [5, 5.41) is 0. The molecule has 0 bridgehead atoms. The van der Waals surface area contributed by atoms with E-state index < -0.39 is 0 Å². The first-order valence-electron chi connectivity index (χ1n) is 5.00. The second-order valence-electron chi connectivity index (χ2n) is 3.54. The second kappa shape index (κ2) is 5.45. The average Bonchev–Trinajstić information content (AvgIpc) is 2.27. The van der Waals surface area contributed by atoms with Gasteiger partial charge in [-0.15, -0.1) is 0 Å². The highest BCUT2D eigenvalue weighted by atomic mass is 127. The molecule has 0 aliphatic rings. The number of hydrogen-bond acceptors (Lipinski definition) is 1. The van der Waals surface area contributed by atoms with Crippen LogP contribution in [0, 0.1) is 6.92 Å². The Hall–Kier alpha value is -0.640. The standard InChI is InChI=1S/C13H15IO/c1-4-10-7-12(13(14)5-2)9(3)6-11(10)8-15/h4,6-8,13H,1,5H2,2-3H3. The Morgan fingerprint density at radius 1 is 1.47 bits per heavy atom. The van der Waals surface area contributed by atoms with Crippen molar-refractivity contribution in [1.82, 2.24) is 0 Å². The fourth-order valence-corrected chi connectivity index (χ4v) is 2.27. The van der Waals surface area contributed by atoms with Gasteiger partial charge >= 0.3 is 0 Å². The number of halogens is 1. The van der Waals surface area contributed by atoms with E-state index in [9.17, 15) is 4.79 Å². The number of benzene rings is 1. The molecule has 1 atom stereocenters. The fourth-order valence-electron chi connectivity index (χ4n) is 1.60. The molecule has 0 saturated carbocycles. The summed E-state index contributed by atoms with van der Waals surface area (Å²) in [4.78, 5) is 10.8. The number of carbonyl (C=O) groups excluding carboxylic acids is 1. The number of aldehydes is 1. The topological polar surface area (TPSA) is 17.1 Å². The van der Waals surface area contributed by atoms with Crippen molar-refractivity contribution < 1.29 is 4.79 Å². The SMILES string of the molecule is C=Cc1cc(C(I)CC)c(C)cc1C=O. The molecule has 0 N–H and O–H groups in total. The van der Waals surface area contributed by atoms with E-state index in [2.05, 4.69) is 49.1 Å². The van der Waals surface area contributed by atoms with Crippen molar-refractivity contribution in [3.05, 3.63) is 41.0 Å². The Kier molecular flexibility index (Phi) is 4.51. The van der Waals surface area contributed by atoms with Gasteiger partial charge in [-0.25, -0.2) is 0 Å². The van der Waals surface area contributed by atoms with Gasteiger partial charge in [0, 0.05) is 9.49 Å². The third kappa shape index (κ3) is 2.68. The molecule has 1 nitrogen and oxygen atoms in total. The molecule has 1 aromatic carbocycles. The van der Waals surface area contributed by atoms with Gasteiger partial charge in [-0.05, 0) is 42.2 Å². The van der Waals surface area contributed by atoms with Crippen LogP contribution in [0.3, 0.4) is 0 Å². The van der Waals surface area contributed by atoms with Gasteiger partial charge in [-0.2, -0.15) is 0 Å². The van der Waals surface area contributed by atoms with Crippen molar-refractivity contribution in [2.45, 2.75) is 24.2 Å². The van der Waals surface area contributed by atoms with Gasteiger partial charge in [0.2, 0.25) is 0 Å². The number of aryl methyl sites for hydroxylation is 1. The third-order valence-corrected chi connectivity index (χ3v) is 4.07. The minimum Gasteiger partial charge on any atom is -0.298 e. The molecular weight excluding hydrogens is 299 g/mol. The number of rotatable bonds is 4. The first-order valence-corrected chi connectivity index (χ1v) is 6.24. The van der Waals surface area contributed by atoms with Crippen LogP contribution in [-0.4, -0.2) is 6.29 Å². The maximum atomic E-state index is 10.8. The molecule has 0 fully saturated rings. The van der Waals surface area contributed by atoms with Gasteiger partial charge < -0.3 is 0 Å². The molecular formula is C13H15IO. The summed E-state index contributed by atoms with van der Waals surface area (Å²) in [6.07, 6.45) is 3.73. The molecule has 1 rings (SSSR count). The Morgan fingerprint density at radius 3 is 2.60 bits per heavy atom. The second-order valence-corrected chi connectivity index (χ2v) is 5.04. The zero-order valence-corrected chi connectivity index (χ0v) is 11.2. The predicted molar refractivity (Wildman–Crippen MR) is 73.7 cm³/mol. The van der Waals surface area contributed by atoms with E-state index in [1.54, 1.807) is 6.08 Å². The van der Waals surface area contributed by atoms with Gasteiger partial charge in [0.1, 0.15) is 0 Å². The summed E-state index contributed by atoms with van der Waals surface area (Å²) in [6, 6.07) is 4.02. The van der Waals surface area contributed by atoms with E-state index in [-0.39, 0.29) is 0 Å². The lowest BCUT2D eigenvalue weighted by Crippen LogP contribution is -1.97.